The minimum absolute atomic E-state index is 0.0437. The van der Waals surface area contributed by atoms with Gasteiger partial charge >= 0.3 is 0 Å². The summed E-state index contributed by atoms with van der Waals surface area (Å²) in [6.45, 7) is 6.37. The second-order valence-corrected chi connectivity index (χ2v) is 6.12. The van der Waals surface area contributed by atoms with E-state index in [1.54, 1.807) is 12.1 Å². The lowest BCUT2D eigenvalue weighted by Gasteiger charge is -2.17. The summed E-state index contributed by atoms with van der Waals surface area (Å²) in [6.07, 6.45) is 2.94. The lowest BCUT2D eigenvalue weighted by Crippen LogP contribution is -2.45. The second kappa shape index (κ2) is 9.93. The van der Waals surface area contributed by atoms with E-state index in [9.17, 15) is 9.59 Å². The average molecular weight is 334 g/mol. The number of rotatable bonds is 9. The van der Waals surface area contributed by atoms with Crippen LogP contribution in [0.15, 0.2) is 18.2 Å². The van der Waals surface area contributed by atoms with E-state index in [-0.39, 0.29) is 17.9 Å². The molecule has 6 N–H and O–H groups in total. The number of hydrogen-bond donors (Lipinski definition) is 4. The lowest BCUT2D eigenvalue weighted by atomic mass is 10.0. The molecule has 6 nitrogen and oxygen atoms in total. The molecule has 0 aromatic heterocycles. The SMILES string of the molecule is CCC[C@H](N)C(=O)N[C@@H](C)CCNC(=O)c1ccc(N)cc1CC. The van der Waals surface area contributed by atoms with Crippen LogP contribution in [0.25, 0.3) is 0 Å². The predicted octanol–water partition coefficient (Wildman–Crippen LogP) is 1.58. The number of benzene rings is 1. The highest BCUT2D eigenvalue weighted by Gasteiger charge is 2.15. The van der Waals surface area contributed by atoms with E-state index < -0.39 is 6.04 Å². The molecule has 0 spiro atoms. The summed E-state index contributed by atoms with van der Waals surface area (Å²) in [5.74, 6) is -0.254. The van der Waals surface area contributed by atoms with Crippen molar-refractivity contribution in [3.63, 3.8) is 0 Å². The first kappa shape index (κ1) is 20.0. The Morgan fingerprint density at radius 2 is 1.92 bits per heavy atom. The van der Waals surface area contributed by atoms with Crippen molar-refractivity contribution in [1.82, 2.24) is 10.6 Å². The molecule has 0 radical (unpaired) electrons. The number of aryl methyl sites for hydroxylation is 1. The van der Waals surface area contributed by atoms with Crippen molar-refractivity contribution in [2.45, 2.75) is 58.5 Å². The number of carbonyl (C=O) groups is 2. The van der Waals surface area contributed by atoms with Crippen LogP contribution in [-0.4, -0.2) is 30.4 Å². The zero-order valence-corrected chi connectivity index (χ0v) is 14.9. The fourth-order valence-electron chi connectivity index (χ4n) is 2.49. The fourth-order valence-corrected chi connectivity index (χ4v) is 2.49. The van der Waals surface area contributed by atoms with E-state index in [0.29, 0.717) is 30.6 Å². The number of amides is 2. The van der Waals surface area contributed by atoms with Gasteiger partial charge in [-0.25, -0.2) is 0 Å². The normalized spacial score (nSPS) is 13.2. The van der Waals surface area contributed by atoms with Crippen LogP contribution in [0, 0.1) is 0 Å². The van der Waals surface area contributed by atoms with Gasteiger partial charge in [0.1, 0.15) is 0 Å². The number of hydrogen-bond acceptors (Lipinski definition) is 4. The van der Waals surface area contributed by atoms with Crippen LogP contribution in [0.3, 0.4) is 0 Å². The van der Waals surface area contributed by atoms with Gasteiger partial charge in [0.2, 0.25) is 5.91 Å². The Kier molecular flexibility index (Phi) is 8.26. The Labute approximate surface area is 144 Å². The quantitative estimate of drug-likeness (QED) is 0.514. The maximum atomic E-state index is 12.3. The van der Waals surface area contributed by atoms with Gasteiger partial charge in [-0.15, -0.1) is 0 Å². The monoisotopic (exact) mass is 334 g/mol. The van der Waals surface area contributed by atoms with Crippen LogP contribution in [0.1, 0.15) is 56.0 Å². The first-order valence-electron chi connectivity index (χ1n) is 8.61. The van der Waals surface area contributed by atoms with Crippen LogP contribution in [0.4, 0.5) is 5.69 Å². The largest absolute Gasteiger partial charge is 0.399 e. The molecular formula is C18H30N4O2. The Bertz CT molecular complexity index is 560. The van der Waals surface area contributed by atoms with E-state index in [2.05, 4.69) is 10.6 Å². The Morgan fingerprint density at radius 1 is 1.21 bits per heavy atom. The number of nitrogen functional groups attached to an aromatic ring is 1. The minimum Gasteiger partial charge on any atom is -0.399 e. The van der Waals surface area contributed by atoms with Crippen LogP contribution in [0.5, 0.6) is 0 Å². The molecule has 0 bridgehead atoms. The molecule has 2 amide bonds. The summed E-state index contributed by atoms with van der Waals surface area (Å²) >= 11 is 0. The van der Waals surface area contributed by atoms with Crippen molar-refractivity contribution < 1.29 is 9.59 Å². The molecule has 6 heteroatoms. The second-order valence-electron chi connectivity index (χ2n) is 6.12. The van der Waals surface area contributed by atoms with Crippen molar-refractivity contribution in [2.75, 3.05) is 12.3 Å². The highest BCUT2D eigenvalue weighted by Crippen LogP contribution is 2.14. The Morgan fingerprint density at radius 3 is 2.54 bits per heavy atom. The highest BCUT2D eigenvalue weighted by molar-refractivity contribution is 5.96. The molecule has 1 aromatic rings. The van der Waals surface area contributed by atoms with E-state index in [0.717, 1.165) is 18.4 Å². The summed E-state index contributed by atoms with van der Waals surface area (Å²) in [5.41, 5.74) is 13.8. The molecule has 0 fully saturated rings. The van der Waals surface area contributed by atoms with E-state index >= 15 is 0 Å². The summed E-state index contributed by atoms with van der Waals surface area (Å²) in [5, 5.41) is 5.77. The molecule has 134 valence electrons. The van der Waals surface area contributed by atoms with Gasteiger partial charge in [0.25, 0.3) is 5.91 Å². The van der Waals surface area contributed by atoms with E-state index in [4.69, 9.17) is 11.5 Å². The Hall–Kier alpha value is -2.08. The molecular weight excluding hydrogens is 304 g/mol. The molecule has 2 atom stereocenters. The van der Waals surface area contributed by atoms with Gasteiger partial charge in [-0.1, -0.05) is 20.3 Å². The maximum Gasteiger partial charge on any atom is 0.251 e. The summed E-state index contributed by atoms with van der Waals surface area (Å²) in [4.78, 5) is 24.1. The van der Waals surface area contributed by atoms with Crippen LogP contribution in [-0.2, 0) is 11.2 Å². The van der Waals surface area contributed by atoms with Gasteiger partial charge in [0.15, 0.2) is 0 Å². The number of nitrogens with two attached hydrogens (primary N) is 2. The van der Waals surface area contributed by atoms with Crippen molar-refractivity contribution >= 4 is 17.5 Å². The first-order valence-corrected chi connectivity index (χ1v) is 8.61. The average Bonchev–Trinajstić information content (AvgIpc) is 2.54. The molecule has 0 aliphatic carbocycles. The molecule has 0 saturated heterocycles. The molecule has 0 unspecified atom stereocenters. The predicted molar refractivity (Wildman–Crippen MR) is 97.7 cm³/mol. The lowest BCUT2D eigenvalue weighted by molar-refractivity contribution is -0.123. The molecule has 0 aliphatic heterocycles. The highest BCUT2D eigenvalue weighted by atomic mass is 16.2. The molecule has 0 aliphatic rings. The molecule has 1 aromatic carbocycles. The van der Waals surface area contributed by atoms with Gasteiger partial charge in [-0.3, -0.25) is 9.59 Å². The van der Waals surface area contributed by atoms with Gasteiger partial charge in [0.05, 0.1) is 6.04 Å². The van der Waals surface area contributed by atoms with Crippen molar-refractivity contribution in [3.05, 3.63) is 29.3 Å². The smallest absolute Gasteiger partial charge is 0.251 e. The zero-order valence-electron chi connectivity index (χ0n) is 14.9. The van der Waals surface area contributed by atoms with Crippen LogP contribution >= 0.6 is 0 Å². The van der Waals surface area contributed by atoms with Gasteiger partial charge in [-0.05, 0) is 49.9 Å². The van der Waals surface area contributed by atoms with Crippen molar-refractivity contribution in [2.24, 2.45) is 5.73 Å². The fraction of sp³-hybridized carbons (Fsp3) is 0.556. The first-order chi connectivity index (χ1) is 11.4. The summed E-state index contributed by atoms with van der Waals surface area (Å²) in [7, 11) is 0. The van der Waals surface area contributed by atoms with E-state index in [1.165, 1.54) is 0 Å². The number of anilines is 1. The zero-order chi connectivity index (χ0) is 18.1. The van der Waals surface area contributed by atoms with Crippen LogP contribution in [0.2, 0.25) is 0 Å². The maximum absolute atomic E-state index is 12.3. The Balaban J connectivity index is 2.44. The molecule has 24 heavy (non-hydrogen) atoms. The third-order valence-electron chi connectivity index (χ3n) is 3.94. The number of carbonyl (C=O) groups excluding carboxylic acids is 2. The molecule has 1 rings (SSSR count). The summed E-state index contributed by atoms with van der Waals surface area (Å²) in [6, 6.07) is 4.80. The van der Waals surface area contributed by atoms with Gasteiger partial charge < -0.3 is 22.1 Å². The van der Waals surface area contributed by atoms with Crippen LogP contribution < -0.4 is 22.1 Å². The van der Waals surface area contributed by atoms with Gasteiger partial charge in [-0.2, -0.15) is 0 Å². The third-order valence-corrected chi connectivity index (χ3v) is 3.94. The third kappa shape index (κ3) is 6.20. The molecule has 0 heterocycles. The minimum atomic E-state index is -0.464. The molecule has 0 saturated carbocycles. The van der Waals surface area contributed by atoms with Crippen molar-refractivity contribution in [3.8, 4) is 0 Å². The number of nitrogens with one attached hydrogen (secondary N) is 2. The van der Waals surface area contributed by atoms with Gasteiger partial charge in [0, 0.05) is 23.8 Å². The topological polar surface area (TPSA) is 110 Å². The van der Waals surface area contributed by atoms with E-state index in [1.807, 2.05) is 26.8 Å². The summed E-state index contributed by atoms with van der Waals surface area (Å²) < 4.78 is 0. The van der Waals surface area contributed by atoms with Crippen molar-refractivity contribution in [1.29, 1.82) is 0 Å². The standard InChI is InChI=1S/C18H30N4O2/c1-4-6-16(20)18(24)22-12(3)9-10-21-17(23)15-8-7-14(19)11-13(15)5-2/h7-8,11-12,16H,4-6,9-10,19-20H2,1-3H3,(H,21,23)(H,22,24)/t12-,16-/m0/s1.